The quantitative estimate of drug-likeness (QED) is 0.733. The second kappa shape index (κ2) is 6.90. The van der Waals surface area contributed by atoms with Crippen LogP contribution in [0.4, 0.5) is 5.69 Å². The van der Waals surface area contributed by atoms with Crippen molar-refractivity contribution < 1.29 is 8.42 Å². The van der Waals surface area contributed by atoms with Gasteiger partial charge in [0, 0.05) is 11.2 Å². The van der Waals surface area contributed by atoms with Crippen molar-refractivity contribution in [2.24, 2.45) is 0 Å². The molecule has 25 heavy (non-hydrogen) atoms. The smallest absolute Gasteiger partial charge is 0.262 e. The van der Waals surface area contributed by atoms with Crippen molar-refractivity contribution in [1.29, 1.82) is 0 Å². The van der Waals surface area contributed by atoms with Gasteiger partial charge in [0.05, 0.1) is 23.3 Å². The lowest BCUT2D eigenvalue weighted by molar-refractivity contribution is 0.601. The number of nitrogens with one attached hydrogen (secondary N) is 1. The van der Waals surface area contributed by atoms with Crippen molar-refractivity contribution in [3.63, 3.8) is 0 Å². The lowest BCUT2D eigenvalue weighted by Gasteiger charge is -2.08. The number of sulfonamides is 1. The van der Waals surface area contributed by atoms with Crippen molar-refractivity contribution in [2.45, 2.75) is 25.3 Å². The first kappa shape index (κ1) is 17.5. The molecule has 1 heterocycles. The first-order chi connectivity index (χ1) is 11.8. The normalized spacial score (nSPS) is 11.5. The zero-order chi connectivity index (χ0) is 18.0. The molecule has 5 nitrogen and oxygen atoms in total. The predicted octanol–water partition coefficient (Wildman–Crippen LogP) is 4.00. The molecule has 0 unspecified atom stereocenters. The molecule has 0 aliphatic heterocycles. The second-order valence-corrected chi connectivity index (χ2v) is 7.96. The Bertz CT molecular complexity index is 1010. The van der Waals surface area contributed by atoms with E-state index in [2.05, 4.69) is 9.82 Å². The number of nitrogens with zero attached hydrogens (tertiary/aromatic N) is 2. The molecule has 0 spiro atoms. The van der Waals surface area contributed by atoms with E-state index in [9.17, 15) is 8.42 Å². The van der Waals surface area contributed by atoms with E-state index in [4.69, 9.17) is 11.6 Å². The van der Waals surface area contributed by atoms with Crippen LogP contribution in [0.5, 0.6) is 0 Å². The highest BCUT2D eigenvalue weighted by Gasteiger charge is 2.16. The number of benzene rings is 2. The highest BCUT2D eigenvalue weighted by atomic mass is 35.5. The number of aryl methyl sites for hydroxylation is 2. The van der Waals surface area contributed by atoms with Gasteiger partial charge in [0.2, 0.25) is 0 Å². The van der Waals surface area contributed by atoms with Gasteiger partial charge < -0.3 is 0 Å². The Morgan fingerprint density at radius 1 is 1.12 bits per heavy atom. The summed E-state index contributed by atoms with van der Waals surface area (Å²) in [5.41, 5.74) is 3.30. The highest BCUT2D eigenvalue weighted by molar-refractivity contribution is 7.92. The molecule has 3 rings (SSSR count). The standard InChI is InChI=1S/C18H18ClN3O2S/c1-13-7-8-17(9-14(13)2)25(23,24)21-16-10-20-22(12-16)11-15-5-3-4-6-18(15)19/h3-10,12,21H,11H2,1-2H3. The molecule has 0 aliphatic carbocycles. The van der Waals surface area contributed by atoms with Gasteiger partial charge in [0.15, 0.2) is 0 Å². The number of aromatic nitrogens is 2. The Balaban J connectivity index is 1.78. The van der Waals surface area contributed by atoms with E-state index in [1.807, 2.05) is 38.1 Å². The minimum atomic E-state index is -3.65. The molecule has 0 radical (unpaired) electrons. The Labute approximate surface area is 152 Å². The molecule has 3 aromatic rings. The minimum absolute atomic E-state index is 0.231. The molecule has 2 aromatic carbocycles. The van der Waals surface area contributed by atoms with Gasteiger partial charge in [0.25, 0.3) is 10.0 Å². The number of anilines is 1. The van der Waals surface area contributed by atoms with Crippen molar-refractivity contribution >= 4 is 27.3 Å². The molecule has 0 atom stereocenters. The van der Waals surface area contributed by atoms with Crippen LogP contribution in [0, 0.1) is 13.8 Å². The summed E-state index contributed by atoms with van der Waals surface area (Å²) in [6.07, 6.45) is 3.12. The second-order valence-electron chi connectivity index (χ2n) is 5.87. The lowest BCUT2D eigenvalue weighted by Crippen LogP contribution is -2.13. The maximum absolute atomic E-state index is 12.5. The number of hydrogen-bond acceptors (Lipinski definition) is 3. The Kier molecular flexibility index (Phi) is 4.83. The van der Waals surface area contributed by atoms with Gasteiger partial charge in [-0.05, 0) is 48.7 Å². The summed E-state index contributed by atoms with van der Waals surface area (Å²) in [6, 6.07) is 12.5. The molecular weight excluding hydrogens is 358 g/mol. The zero-order valence-electron chi connectivity index (χ0n) is 13.9. The van der Waals surface area contributed by atoms with Crippen LogP contribution in [0.1, 0.15) is 16.7 Å². The van der Waals surface area contributed by atoms with E-state index < -0.39 is 10.0 Å². The SMILES string of the molecule is Cc1ccc(S(=O)(=O)Nc2cnn(Cc3ccccc3Cl)c2)cc1C. The van der Waals surface area contributed by atoms with Crippen LogP contribution in [0.2, 0.25) is 5.02 Å². The van der Waals surface area contributed by atoms with Crippen molar-refractivity contribution in [1.82, 2.24) is 9.78 Å². The molecular formula is C18H18ClN3O2S. The maximum Gasteiger partial charge on any atom is 0.262 e. The summed E-state index contributed by atoms with van der Waals surface area (Å²) in [5, 5.41) is 4.84. The van der Waals surface area contributed by atoms with Crippen LogP contribution in [-0.4, -0.2) is 18.2 Å². The molecule has 0 saturated carbocycles. The number of hydrogen-bond donors (Lipinski definition) is 1. The van der Waals surface area contributed by atoms with Gasteiger partial charge in [-0.2, -0.15) is 5.10 Å². The maximum atomic E-state index is 12.5. The Morgan fingerprint density at radius 2 is 1.88 bits per heavy atom. The van der Waals surface area contributed by atoms with Crippen molar-refractivity contribution in [2.75, 3.05) is 4.72 Å². The third-order valence-electron chi connectivity index (χ3n) is 3.96. The fourth-order valence-corrected chi connectivity index (χ4v) is 3.71. The van der Waals surface area contributed by atoms with Crippen LogP contribution in [-0.2, 0) is 16.6 Å². The molecule has 0 fully saturated rings. The first-order valence-corrected chi connectivity index (χ1v) is 9.57. The Hall–Kier alpha value is -2.31. The Morgan fingerprint density at radius 3 is 2.60 bits per heavy atom. The van der Waals surface area contributed by atoms with Crippen LogP contribution in [0.3, 0.4) is 0 Å². The van der Waals surface area contributed by atoms with Gasteiger partial charge in [-0.1, -0.05) is 35.9 Å². The zero-order valence-corrected chi connectivity index (χ0v) is 15.5. The van der Waals surface area contributed by atoms with Crippen LogP contribution in [0.25, 0.3) is 0 Å². The van der Waals surface area contributed by atoms with E-state index in [1.165, 1.54) is 6.20 Å². The largest absolute Gasteiger partial charge is 0.276 e. The average molecular weight is 376 g/mol. The number of halogens is 1. The van der Waals surface area contributed by atoms with Crippen LogP contribution < -0.4 is 4.72 Å². The molecule has 0 bridgehead atoms. The molecule has 0 aliphatic rings. The van der Waals surface area contributed by atoms with Crippen molar-refractivity contribution in [3.05, 3.63) is 76.6 Å². The molecule has 7 heteroatoms. The van der Waals surface area contributed by atoms with E-state index in [0.717, 1.165) is 16.7 Å². The van der Waals surface area contributed by atoms with Gasteiger partial charge in [-0.25, -0.2) is 8.42 Å². The summed E-state index contributed by atoms with van der Waals surface area (Å²) in [4.78, 5) is 0.231. The van der Waals surface area contributed by atoms with E-state index in [-0.39, 0.29) is 4.90 Å². The summed E-state index contributed by atoms with van der Waals surface area (Å²) in [6.45, 7) is 4.29. The van der Waals surface area contributed by atoms with Gasteiger partial charge in [-0.3, -0.25) is 9.40 Å². The fraction of sp³-hybridized carbons (Fsp3) is 0.167. The summed E-state index contributed by atoms with van der Waals surface area (Å²) in [7, 11) is -3.65. The van der Waals surface area contributed by atoms with E-state index >= 15 is 0 Å². The number of rotatable bonds is 5. The first-order valence-electron chi connectivity index (χ1n) is 7.71. The molecule has 1 N–H and O–H groups in total. The third-order valence-corrected chi connectivity index (χ3v) is 5.71. The van der Waals surface area contributed by atoms with Crippen LogP contribution in [0.15, 0.2) is 59.8 Å². The molecule has 130 valence electrons. The highest BCUT2D eigenvalue weighted by Crippen LogP contribution is 2.20. The molecule has 1 aromatic heterocycles. The minimum Gasteiger partial charge on any atom is -0.276 e. The van der Waals surface area contributed by atoms with Gasteiger partial charge in [-0.15, -0.1) is 0 Å². The van der Waals surface area contributed by atoms with E-state index in [1.54, 1.807) is 29.1 Å². The average Bonchev–Trinajstić information content (AvgIpc) is 2.98. The lowest BCUT2D eigenvalue weighted by atomic mass is 10.1. The summed E-state index contributed by atoms with van der Waals surface area (Å²) in [5.74, 6) is 0. The molecule has 0 saturated heterocycles. The van der Waals surface area contributed by atoms with Crippen LogP contribution >= 0.6 is 11.6 Å². The summed E-state index contributed by atoms with van der Waals surface area (Å²) >= 11 is 6.14. The van der Waals surface area contributed by atoms with Gasteiger partial charge in [0.1, 0.15) is 0 Å². The van der Waals surface area contributed by atoms with E-state index in [0.29, 0.717) is 17.3 Å². The summed E-state index contributed by atoms with van der Waals surface area (Å²) < 4.78 is 29.2. The van der Waals surface area contributed by atoms with Gasteiger partial charge >= 0.3 is 0 Å². The topological polar surface area (TPSA) is 64.0 Å². The molecule has 0 amide bonds. The predicted molar refractivity (Wildman–Crippen MR) is 99.5 cm³/mol. The monoisotopic (exact) mass is 375 g/mol. The third kappa shape index (κ3) is 4.03. The van der Waals surface area contributed by atoms with Crippen molar-refractivity contribution in [3.8, 4) is 0 Å². The fourth-order valence-electron chi connectivity index (χ4n) is 2.40.